The van der Waals surface area contributed by atoms with Crippen LogP contribution in [0.25, 0.3) is 11.1 Å². The molecule has 8 nitrogen and oxygen atoms in total. The molecule has 4 rings (SSSR count). The molecule has 1 heterocycles. The molecule has 34 heavy (non-hydrogen) atoms. The van der Waals surface area contributed by atoms with Gasteiger partial charge in [-0.25, -0.2) is 9.59 Å². The van der Waals surface area contributed by atoms with Gasteiger partial charge in [0.15, 0.2) is 0 Å². The number of carbonyl (C=O) groups is 3. The number of benzene rings is 2. The molecule has 180 valence electrons. The van der Waals surface area contributed by atoms with Gasteiger partial charge in [0.2, 0.25) is 5.91 Å². The number of amides is 2. The van der Waals surface area contributed by atoms with Crippen LogP contribution in [-0.2, 0) is 14.3 Å². The van der Waals surface area contributed by atoms with E-state index in [4.69, 9.17) is 4.74 Å². The Hall–Kier alpha value is -3.39. The standard InChI is InChI=1S/C26H30N2O6/c1-15(2)21(24(30)28-13-16(29)11-23(28)25(31)32)12-27-26(33)34-14-22-19-9-5-3-7-17(19)18-8-4-6-10-20(18)22/h3-10,15-16,21-23,29H,11-14H2,1-2H3,(H,27,33)(H,31,32). The van der Waals surface area contributed by atoms with Gasteiger partial charge in [0, 0.05) is 25.4 Å². The fourth-order valence-corrected chi connectivity index (χ4v) is 4.96. The van der Waals surface area contributed by atoms with E-state index < -0.39 is 36.0 Å². The Bertz CT molecular complexity index is 1040. The number of rotatable bonds is 7. The molecule has 0 radical (unpaired) electrons. The van der Waals surface area contributed by atoms with Gasteiger partial charge in [-0.2, -0.15) is 0 Å². The van der Waals surface area contributed by atoms with E-state index >= 15 is 0 Å². The average Bonchev–Trinajstić information content (AvgIpc) is 3.36. The number of carbonyl (C=O) groups excluding carboxylic acids is 2. The van der Waals surface area contributed by atoms with E-state index in [0.717, 1.165) is 22.3 Å². The Morgan fingerprint density at radius 2 is 1.65 bits per heavy atom. The molecule has 2 aromatic rings. The lowest BCUT2D eigenvalue weighted by molar-refractivity contribution is -0.150. The second kappa shape index (κ2) is 9.85. The number of aliphatic hydroxyl groups excluding tert-OH is 1. The number of carboxylic acids is 1. The van der Waals surface area contributed by atoms with Crippen LogP contribution >= 0.6 is 0 Å². The summed E-state index contributed by atoms with van der Waals surface area (Å²) in [6.45, 7) is 3.84. The molecular weight excluding hydrogens is 436 g/mol. The molecule has 1 saturated heterocycles. The zero-order chi connectivity index (χ0) is 24.4. The number of aliphatic carboxylic acids is 1. The molecule has 1 aliphatic carbocycles. The van der Waals surface area contributed by atoms with Gasteiger partial charge in [-0.1, -0.05) is 62.4 Å². The third-order valence-corrected chi connectivity index (χ3v) is 6.78. The molecule has 8 heteroatoms. The smallest absolute Gasteiger partial charge is 0.407 e. The molecule has 0 aromatic heterocycles. The minimum absolute atomic E-state index is 0.00565. The molecule has 1 fully saturated rings. The molecule has 2 aromatic carbocycles. The van der Waals surface area contributed by atoms with Crippen LogP contribution in [0.3, 0.4) is 0 Å². The molecular formula is C26H30N2O6. The van der Waals surface area contributed by atoms with Crippen LogP contribution in [0.4, 0.5) is 4.79 Å². The first-order chi connectivity index (χ1) is 16.3. The Balaban J connectivity index is 1.38. The van der Waals surface area contributed by atoms with Crippen molar-refractivity contribution in [1.82, 2.24) is 10.2 Å². The highest BCUT2D eigenvalue weighted by Crippen LogP contribution is 2.44. The summed E-state index contributed by atoms with van der Waals surface area (Å²) in [4.78, 5) is 38.3. The molecule has 2 amide bonds. The Labute approximate surface area is 198 Å². The van der Waals surface area contributed by atoms with Crippen molar-refractivity contribution in [3.05, 3.63) is 59.7 Å². The van der Waals surface area contributed by atoms with Gasteiger partial charge in [0.05, 0.1) is 12.0 Å². The minimum Gasteiger partial charge on any atom is -0.480 e. The van der Waals surface area contributed by atoms with Crippen LogP contribution in [-0.4, -0.2) is 64.9 Å². The summed E-state index contributed by atoms with van der Waals surface area (Å²) in [5.41, 5.74) is 4.50. The van der Waals surface area contributed by atoms with Gasteiger partial charge in [0.1, 0.15) is 12.6 Å². The van der Waals surface area contributed by atoms with Crippen LogP contribution in [0.2, 0.25) is 0 Å². The predicted molar refractivity (Wildman–Crippen MR) is 125 cm³/mol. The first-order valence-electron chi connectivity index (χ1n) is 11.6. The van der Waals surface area contributed by atoms with Crippen LogP contribution in [0.1, 0.15) is 37.3 Å². The van der Waals surface area contributed by atoms with E-state index in [-0.39, 0.29) is 38.0 Å². The summed E-state index contributed by atoms with van der Waals surface area (Å²) in [7, 11) is 0. The Morgan fingerprint density at radius 1 is 1.06 bits per heavy atom. The SMILES string of the molecule is CC(C)C(CNC(=O)OCC1c2ccccc2-c2ccccc21)C(=O)N1CC(O)CC1C(=O)O. The highest BCUT2D eigenvalue weighted by atomic mass is 16.5. The van der Waals surface area contributed by atoms with Crippen molar-refractivity contribution in [2.24, 2.45) is 11.8 Å². The van der Waals surface area contributed by atoms with E-state index in [2.05, 4.69) is 17.4 Å². The summed E-state index contributed by atoms with van der Waals surface area (Å²) in [5.74, 6) is -2.38. The summed E-state index contributed by atoms with van der Waals surface area (Å²) >= 11 is 0. The van der Waals surface area contributed by atoms with Gasteiger partial charge < -0.3 is 25.2 Å². The molecule has 1 aliphatic heterocycles. The first-order valence-corrected chi connectivity index (χ1v) is 11.6. The number of alkyl carbamates (subject to hydrolysis) is 1. The van der Waals surface area contributed by atoms with Crippen LogP contribution < -0.4 is 5.32 Å². The molecule has 2 aliphatic rings. The number of likely N-dealkylation sites (tertiary alicyclic amines) is 1. The predicted octanol–water partition coefficient (Wildman–Crippen LogP) is 2.84. The largest absolute Gasteiger partial charge is 0.480 e. The van der Waals surface area contributed by atoms with Crippen LogP contribution in [0.5, 0.6) is 0 Å². The van der Waals surface area contributed by atoms with Gasteiger partial charge in [-0.3, -0.25) is 4.79 Å². The quantitative estimate of drug-likeness (QED) is 0.578. The van der Waals surface area contributed by atoms with Crippen molar-refractivity contribution >= 4 is 18.0 Å². The maximum Gasteiger partial charge on any atom is 0.407 e. The summed E-state index contributed by atoms with van der Waals surface area (Å²) in [5, 5.41) is 22.0. The molecule has 3 atom stereocenters. The third kappa shape index (κ3) is 4.63. The zero-order valence-electron chi connectivity index (χ0n) is 19.3. The number of ether oxygens (including phenoxy) is 1. The maximum atomic E-state index is 13.1. The zero-order valence-corrected chi connectivity index (χ0v) is 19.3. The number of hydrogen-bond donors (Lipinski definition) is 3. The maximum absolute atomic E-state index is 13.1. The molecule has 3 N–H and O–H groups in total. The van der Waals surface area contributed by atoms with E-state index in [1.807, 2.05) is 50.2 Å². The van der Waals surface area contributed by atoms with Crippen LogP contribution in [0, 0.1) is 11.8 Å². The van der Waals surface area contributed by atoms with E-state index in [1.54, 1.807) is 0 Å². The second-order valence-corrected chi connectivity index (χ2v) is 9.29. The summed E-state index contributed by atoms with van der Waals surface area (Å²) in [6, 6.07) is 15.1. The molecule has 0 saturated carbocycles. The number of hydrogen-bond acceptors (Lipinski definition) is 5. The van der Waals surface area contributed by atoms with Crippen molar-refractivity contribution in [2.45, 2.75) is 38.3 Å². The number of nitrogens with one attached hydrogen (secondary N) is 1. The Kier molecular flexibility index (Phi) is 6.88. The number of carboxylic acid groups (broad SMARTS) is 1. The van der Waals surface area contributed by atoms with Gasteiger partial charge in [-0.05, 0) is 28.2 Å². The van der Waals surface area contributed by atoms with Crippen molar-refractivity contribution < 1.29 is 29.3 Å². The fourth-order valence-electron chi connectivity index (χ4n) is 4.96. The number of aliphatic hydroxyl groups is 1. The topological polar surface area (TPSA) is 116 Å². The number of fused-ring (bicyclic) bond motifs is 3. The highest BCUT2D eigenvalue weighted by Gasteiger charge is 2.41. The monoisotopic (exact) mass is 466 g/mol. The minimum atomic E-state index is -1.14. The number of β-amino-alcohol motifs (C(OH)–C–C–N with tert-alkyl or cyclic N) is 1. The highest BCUT2D eigenvalue weighted by molar-refractivity contribution is 5.86. The summed E-state index contributed by atoms with van der Waals surface area (Å²) < 4.78 is 5.54. The van der Waals surface area contributed by atoms with Gasteiger partial charge in [-0.15, -0.1) is 0 Å². The number of nitrogens with zero attached hydrogens (tertiary/aromatic N) is 1. The lowest BCUT2D eigenvalue weighted by Crippen LogP contribution is -2.48. The average molecular weight is 467 g/mol. The molecule has 0 bridgehead atoms. The van der Waals surface area contributed by atoms with Crippen molar-refractivity contribution in [3.8, 4) is 11.1 Å². The molecule has 3 unspecified atom stereocenters. The lowest BCUT2D eigenvalue weighted by atomic mass is 9.94. The van der Waals surface area contributed by atoms with Crippen molar-refractivity contribution in [2.75, 3.05) is 19.7 Å². The lowest BCUT2D eigenvalue weighted by Gasteiger charge is -2.28. The van der Waals surface area contributed by atoms with Crippen molar-refractivity contribution in [3.63, 3.8) is 0 Å². The van der Waals surface area contributed by atoms with E-state index in [0.29, 0.717) is 0 Å². The van der Waals surface area contributed by atoms with E-state index in [1.165, 1.54) is 4.90 Å². The fraction of sp³-hybridized carbons (Fsp3) is 0.423. The third-order valence-electron chi connectivity index (χ3n) is 6.78. The van der Waals surface area contributed by atoms with Gasteiger partial charge >= 0.3 is 12.1 Å². The normalized spacial score (nSPS) is 20.1. The van der Waals surface area contributed by atoms with Crippen LogP contribution in [0.15, 0.2) is 48.5 Å². The second-order valence-electron chi connectivity index (χ2n) is 9.29. The van der Waals surface area contributed by atoms with Crippen molar-refractivity contribution in [1.29, 1.82) is 0 Å². The first kappa shape index (κ1) is 23.8. The Morgan fingerprint density at radius 3 is 2.21 bits per heavy atom. The molecule has 0 spiro atoms. The van der Waals surface area contributed by atoms with E-state index in [9.17, 15) is 24.6 Å². The van der Waals surface area contributed by atoms with Gasteiger partial charge in [0.25, 0.3) is 0 Å². The summed E-state index contributed by atoms with van der Waals surface area (Å²) in [6.07, 6.45) is -1.49.